The van der Waals surface area contributed by atoms with Gasteiger partial charge < -0.3 is 10.6 Å². The molecule has 1 amide bonds. The van der Waals surface area contributed by atoms with E-state index >= 15 is 0 Å². The van der Waals surface area contributed by atoms with E-state index in [1.807, 2.05) is 25.1 Å². The summed E-state index contributed by atoms with van der Waals surface area (Å²) in [7, 11) is 1.81. The maximum atomic E-state index is 11.7. The van der Waals surface area contributed by atoms with Crippen molar-refractivity contribution in [3.05, 3.63) is 35.9 Å². The molecular formula is C13H20N2O. The zero-order valence-corrected chi connectivity index (χ0v) is 10.0. The van der Waals surface area contributed by atoms with Crippen LogP contribution in [0.4, 0.5) is 0 Å². The number of hydrogen-bond acceptors (Lipinski definition) is 2. The van der Waals surface area contributed by atoms with E-state index in [2.05, 4.69) is 12.1 Å². The highest BCUT2D eigenvalue weighted by atomic mass is 16.2. The van der Waals surface area contributed by atoms with Gasteiger partial charge in [0.25, 0.3) is 0 Å². The van der Waals surface area contributed by atoms with E-state index in [-0.39, 0.29) is 11.9 Å². The number of rotatable bonds is 5. The highest BCUT2D eigenvalue weighted by Gasteiger charge is 2.15. The van der Waals surface area contributed by atoms with Crippen molar-refractivity contribution in [2.75, 3.05) is 13.6 Å². The zero-order valence-electron chi connectivity index (χ0n) is 10.0. The molecule has 1 aromatic rings. The quantitative estimate of drug-likeness (QED) is 0.816. The minimum Gasteiger partial charge on any atom is -0.344 e. The minimum atomic E-state index is -0.360. The smallest absolute Gasteiger partial charge is 0.239 e. The molecule has 0 aromatic heterocycles. The Morgan fingerprint density at radius 2 is 2.00 bits per heavy atom. The van der Waals surface area contributed by atoms with Crippen LogP contribution in [0.1, 0.15) is 18.9 Å². The zero-order chi connectivity index (χ0) is 12.0. The first kappa shape index (κ1) is 12.7. The molecule has 88 valence electrons. The number of likely N-dealkylation sites (N-methyl/N-ethyl adjacent to an activating group) is 1. The van der Waals surface area contributed by atoms with Gasteiger partial charge in [0, 0.05) is 13.6 Å². The lowest BCUT2D eigenvalue weighted by molar-refractivity contribution is -0.131. The molecule has 1 aromatic carbocycles. The molecular weight excluding hydrogens is 200 g/mol. The molecule has 0 saturated carbocycles. The average Bonchev–Trinajstić information content (AvgIpc) is 2.35. The van der Waals surface area contributed by atoms with Crippen LogP contribution in [0.5, 0.6) is 0 Å². The maximum Gasteiger partial charge on any atom is 0.239 e. The Labute approximate surface area is 97.2 Å². The van der Waals surface area contributed by atoms with Crippen molar-refractivity contribution in [1.82, 2.24) is 4.90 Å². The molecule has 0 bridgehead atoms. The second-order valence-corrected chi connectivity index (χ2v) is 4.01. The van der Waals surface area contributed by atoms with Gasteiger partial charge in [0.05, 0.1) is 6.04 Å². The van der Waals surface area contributed by atoms with Gasteiger partial charge in [0.15, 0.2) is 0 Å². The lowest BCUT2D eigenvalue weighted by Gasteiger charge is -2.20. The Kier molecular flexibility index (Phi) is 4.99. The van der Waals surface area contributed by atoms with Crippen LogP contribution in [0.2, 0.25) is 0 Å². The SMILES string of the molecule is CC[C@H](N)C(=O)N(C)CCc1ccccc1. The first-order valence-corrected chi connectivity index (χ1v) is 5.69. The second kappa shape index (κ2) is 6.28. The summed E-state index contributed by atoms with van der Waals surface area (Å²) in [4.78, 5) is 13.4. The number of carbonyl (C=O) groups excluding carboxylic acids is 1. The average molecular weight is 220 g/mol. The molecule has 1 rings (SSSR count). The van der Waals surface area contributed by atoms with Gasteiger partial charge in [-0.15, -0.1) is 0 Å². The lowest BCUT2D eigenvalue weighted by atomic mass is 10.1. The third-order valence-electron chi connectivity index (χ3n) is 2.71. The third-order valence-corrected chi connectivity index (χ3v) is 2.71. The van der Waals surface area contributed by atoms with Crippen LogP contribution in [-0.2, 0) is 11.2 Å². The van der Waals surface area contributed by atoms with Gasteiger partial charge in [-0.25, -0.2) is 0 Å². The summed E-state index contributed by atoms with van der Waals surface area (Å²) in [5, 5.41) is 0. The van der Waals surface area contributed by atoms with E-state index in [0.717, 1.165) is 13.0 Å². The monoisotopic (exact) mass is 220 g/mol. The highest BCUT2D eigenvalue weighted by molar-refractivity contribution is 5.81. The van der Waals surface area contributed by atoms with Crippen molar-refractivity contribution in [2.45, 2.75) is 25.8 Å². The Morgan fingerprint density at radius 3 is 2.56 bits per heavy atom. The minimum absolute atomic E-state index is 0.0263. The number of benzene rings is 1. The van der Waals surface area contributed by atoms with Crippen LogP contribution in [0.25, 0.3) is 0 Å². The molecule has 1 atom stereocenters. The summed E-state index contributed by atoms with van der Waals surface area (Å²) in [6.07, 6.45) is 1.56. The summed E-state index contributed by atoms with van der Waals surface area (Å²) in [5.41, 5.74) is 6.94. The molecule has 0 unspecified atom stereocenters. The number of amides is 1. The van der Waals surface area contributed by atoms with Gasteiger partial charge in [-0.1, -0.05) is 37.3 Å². The topological polar surface area (TPSA) is 46.3 Å². The molecule has 16 heavy (non-hydrogen) atoms. The normalized spacial score (nSPS) is 12.2. The van der Waals surface area contributed by atoms with E-state index in [0.29, 0.717) is 6.42 Å². The largest absolute Gasteiger partial charge is 0.344 e. The Balaban J connectivity index is 2.41. The van der Waals surface area contributed by atoms with Gasteiger partial charge >= 0.3 is 0 Å². The standard InChI is InChI=1S/C13H20N2O/c1-3-12(14)13(16)15(2)10-9-11-7-5-4-6-8-11/h4-8,12H,3,9-10,14H2,1-2H3/t12-/m0/s1. The van der Waals surface area contributed by atoms with Crippen LogP contribution in [0, 0.1) is 0 Å². The van der Waals surface area contributed by atoms with Crippen molar-refractivity contribution in [3.63, 3.8) is 0 Å². The van der Waals surface area contributed by atoms with E-state index in [9.17, 15) is 4.79 Å². The third kappa shape index (κ3) is 3.66. The molecule has 0 spiro atoms. The Hall–Kier alpha value is -1.35. The van der Waals surface area contributed by atoms with E-state index in [1.54, 1.807) is 11.9 Å². The summed E-state index contributed by atoms with van der Waals surface area (Å²) in [6.45, 7) is 2.64. The fraction of sp³-hybridized carbons (Fsp3) is 0.462. The van der Waals surface area contributed by atoms with E-state index in [1.165, 1.54) is 5.56 Å². The van der Waals surface area contributed by atoms with Gasteiger partial charge in [0.1, 0.15) is 0 Å². The molecule has 0 aliphatic carbocycles. The molecule has 0 radical (unpaired) electrons. The predicted octanol–water partition coefficient (Wildman–Crippen LogP) is 1.42. The van der Waals surface area contributed by atoms with Crippen LogP contribution in [-0.4, -0.2) is 30.4 Å². The van der Waals surface area contributed by atoms with Crippen molar-refractivity contribution in [1.29, 1.82) is 0 Å². The van der Waals surface area contributed by atoms with Crippen molar-refractivity contribution >= 4 is 5.91 Å². The molecule has 3 nitrogen and oxygen atoms in total. The fourth-order valence-corrected chi connectivity index (χ4v) is 1.51. The predicted molar refractivity (Wildman–Crippen MR) is 66.0 cm³/mol. The highest BCUT2D eigenvalue weighted by Crippen LogP contribution is 2.02. The van der Waals surface area contributed by atoms with E-state index in [4.69, 9.17) is 5.73 Å². The van der Waals surface area contributed by atoms with Crippen LogP contribution < -0.4 is 5.73 Å². The summed E-state index contributed by atoms with van der Waals surface area (Å²) < 4.78 is 0. The molecule has 2 N–H and O–H groups in total. The summed E-state index contributed by atoms with van der Waals surface area (Å²) in [5.74, 6) is 0.0263. The Morgan fingerprint density at radius 1 is 1.38 bits per heavy atom. The van der Waals surface area contributed by atoms with Crippen LogP contribution in [0.15, 0.2) is 30.3 Å². The number of carbonyl (C=O) groups is 1. The fourth-order valence-electron chi connectivity index (χ4n) is 1.51. The van der Waals surface area contributed by atoms with Crippen molar-refractivity contribution in [2.24, 2.45) is 5.73 Å². The van der Waals surface area contributed by atoms with Gasteiger partial charge in [-0.05, 0) is 18.4 Å². The number of nitrogens with two attached hydrogens (primary N) is 1. The van der Waals surface area contributed by atoms with Gasteiger partial charge in [-0.3, -0.25) is 4.79 Å². The van der Waals surface area contributed by atoms with E-state index < -0.39 is 0 Å². The van der Waals surface area contributed by atoms with Crippen LogP contribution >= 0.6 is 0 Å². The molecule has 0 fully saturated rings. The summed E-state index contributed by atoms with van der Waals surface area (Å²) in [6, 6.07) is 9.78. The summed E-state index contributed by atoms with van der Waals surface area (Å²) >= 11 is 0. The van der Waals surface area contributed by atoms with Gasteiger partial charge in [0.2, 0.25) is 5.91 Å². The Bertz CT molecular complexity index is 324. The molecule has 0 aliphatic heterocycles. The second-order valence-electron chi connectivity index (χ2n) is 4.01. The molecule has 0 saturated heterocycles. The number of hydrogen-bond donors (Lipinski definition) is 1. The molecule has 3 heteroatoms. The molecule has 0 aliphatic rings. The first-order valence-electron chi connectivity index (χ1n) is 5.69. The van der Waals surface area contributed by atoms with Gasteiger partial charge in [-0.2, -0.15) is 0 Å². The lowest BCUT2D eigenvalue weighted by Crippen LogP contribution is -2.42. The maximum absolute atomic E-state index is 11.7. The van der Waals surface area contributed by atoms with Crippen molar-refractivity contribution in [3.8, 4) is 0 Å². The molecule has 0 heterocycles. The van der Waals surface area contributed by atoms with Crippen LogP contribution in [0.3, 0.4) is 0 Å². The number of nitrogens with zero attached hydrogens (tertiary/aromatic N) is 1. The first-order chi connectivity index (χ1) is 7.65. The van der Waals surface area contributed by atoms with Crippen molar-refractivity contribution < 1.29 is 4.79 Å².